The standard InChI is InChI=1S/C16H18N2O2/c1-12-11-14(7-8-15(12)17)20-10-9-18-16(19)13-5-3-2-4-6-13/h2-8,11H,9-10,17H2,1H3,(H,18,19). The SMILES string of the molecule is Cc1cc(OCCNC(=O)c2ccccc2)ccc1N. The van der Waals surface area contributed by atoms with Crippen molar-refractivity contribution in [3.05, 3.63) is 59.7 Å². The van der Waals surface area contributed by atoms with Crippen LogP contribution in [-0.2, 0) is 0 Å². The monoisotopic (exact) mass is 270 g/mol. The summed E-state index contributed by atoms with van der Waals surface area (Å²) in [6, 6.07) is 14.6. The number of anilines is 1. The fourth-order valence-corrected chi connectivity index (χ4v) is 1.76. The molecular formula is C16H18N2O2. The maximum atomic E-state index is 11.8. The van der Waals surface area contributed by atoms with Crippen LogP contribution in [0.15, 0.2) is 48.5 Å². The fraction of sp³-hybridized carbons (Fsp3) is 0.188. The van der Waals surface area contributed by atoms with E-state index in [0.29, 0.717) is 18.7 Å². The Hall–Kier alpha value is -2.49. The van der Waals surface area contributed by atoms with Crippen LogP contribution in [0.5, 0.6) is 5.75 Å². The molecule has 0 bridgehead atoms. The van der Waals surface area contributed by atoms with Gasteiger partial charge in [0.05, 0.1) is 6.54 Å². The lowest BCUT2D eigenvalue weighted by molar-refractivity contribution is 0.0947. The molecule has 0 fully saturated rings. The lowest BCUT2D eigenvalue weighted by Crippen LogP contribution is -2.28. The highest BCUT2D eigenvalue weighted by Gasteiger charge is 2.03. The number of nitrogens with one attached hydrogen (secondary N) is 1. The van der Waals surface area contributed by atoms with E-state index in [-0.39, 0.29) is 5.91 Å². The third-order valence-electron chi connectivity index (χ3n) is 2.93. The summed E-state index contributed by atoms with van der Waals surface area (Å²) < 4.78 is 5.56. The van der Waals surface area contributed by atoms with Gasteiger partial charge in [0.25, 0.3) is 5.91 Å². The van der Waals surface area contributed by atoms with E-state index in [1.165, 1.54) is 0 Å². The summed E-state index contributed by atoms with van der Waals surface area (Å²) >= 11 is 0. The van der Waals surface area contributed by atoms with Crippen molar-refractivity contribution in [3.8, 4) is 5.75 Å². The van der Waals surface area contributed by atoms with E-state index in [4.69, 9.17) is 10.5 Å². The summed E-state index contributed by atoms with van der Waals surface area (Å²) in [4.78, 5) is 11.8. The van der Waals surface area contributed by atoms with Crippen molar-refractivity contribution in [3.63, 3.8) is 0 Å². The van der Waals surface area contributed by atoms with Gasteiger partial charge in [-0.2, -0.15) is 0 Å². The minimum Gasteiger partial charge on any atom is -0.492 e. The molecule has 0 radical (unpaired) electrons. The highest BCUT2D eigenvalue weighted by Crippen LogP contribution is 2.18. The van der Waals surface area contributed by atoms with E-state index in [1.807, 2.05) is 43.3 Å². The number of nitrogens with two attached hydrogens (primary N) is 1. The first-order valence-corrected chi connectivity index (χ1v) is 6.49. The molecule has 0 aromatic heterocycles. The molecule has 1 amide bonds. The number of rotatable bonds is 5. The van der Waals surface area contributed by atoms with Crippen molar-refractivity contribution in [2.45, 2.75) is 6.92 Å². The zero-order chi connectivity index (χ0) is 14.4. The molecule has 0 spiro atoms. The molecule has 0 heterocycles. The number of amides is 1. The Kier molecular flexibility index (Phi) is 4.60. The minimum absolute atomic E-state index is 0.0947. The fourth-order valence-electron chi connectivity index (χ4n) is 1.76. The van der Waals surface area contributed by atoms with E-state index in [9.17, 15) is 4.79 Å². The Bertz CT molecular complexity index is 582. The third-order valence-corrected chi connectivity index (χ3v) is 2.93. The van der Waals surface area contributed by atoms with E-state index in [0.717, 1.165) is 17.0 Å². The first-order chi connectivity index (χ1) is 9.66. The first-order valence-electron chi connectivity index (χ1n) is 6.49. The van der Waals surface area contributed by atoms with Gasteiger partial charge in [0.15, 0.2) is 0 Å². The first kappa shape index (κ1) is 13.9. The molecule has 0 saturated carbocycles. The van der Waals surface area contributed by atoms with E-state index < -0.39 is 0 Å². The van der Waals surface area contributed by atoms with Gasteiger partial charge in [-0.15, -0.1) is 0 Å². The Morgan fingerprint density at radius 1 is 1.20 bits per heavy atom. The average Bonchev–Trinajstić information content (AvgIpc) is 2.48. The normalized spacial score (nSPS) is 10.1. The van der Waals surface area contributed by atoms with Gasteiger partial charge in [-0.1, -0.05) is 18.2 Å². The predicted molar refractivity (Wildman–Crippen MR) is 79.9 cm³/mol. The number of carbonyl (C=O) groups excluding carboxylic acids is 1. The molecule has 0 unspecified atom stereocenters. The number of benzene rings is 2. The largest absolute Gasteiger partial charge is 0.492 e. The van der Waals surface area contributed by atoms with Crippen LogP contribution in [0.4, 0.5) is 5.69 Å². The van der Waals surface area contributed by atoms with Crippen molar-refractivity contribution in [2.75, 3.05) is 18.9 Å². The number of carbonyl (C=O) groups is 1. The number of aryl methyl sites for hydroxylation is 1. The van der Waals surface area contributed by atoms with Gasteiger partial charge in [-0.25, -0.2) is 0 Å². The third kappa shape index (κ3) is 3.75. The van der Waals surface area contributed by atoms with Crippen LogP contribution in [-0.4, -0.2) is 19.1 Å². The Balaban J connectivity index is 1.76. The van der Waals surface area contributed by atoms with Crippen LogP contribution in [0, 0.1) is 6.92 Å². The molecule has 20 heavy (non-hydrogen) atoms. The Labute approximate surface area is 118 Å². The van der Waals surface area contributed by atoms with Gasteiger partial charge < -0.3 is 15.8 Å². The van der Waals surface area contributed by atoms with Crippen LogP contribution in [0.1, 0.15) is 15.9 Å². The number of nitrogen functional groups attached to an aromatic ring is 1. The second-order valence-corrected chi connectivity index (χ2v) is 4.49. The van der Waals surface area contributed by atoms with Gasteiger partial charge in [0.2, 0.25) is 0 Å². The molecule has 0 aliphatic heterocycles. The molecule has 2 rings (SSSR count). The van der Waals surface area contributed by atoms with E-state index >= 15 is 0 Å². The Morgan fingerprint density at radius 2 is 1.95 bits per heavy atom. The molecule has 4 nitrogen and oxygen atoms in total. The van der Waals surface area contributed by atoms with E-state index in [1.54, 1.807) is 12.1 Å². The average molecular weight is 270 g/mol. The van der Waals surface area contributed by atoms with Gasteiger partial charge in [0, 0.05) is 11.3 Å². The number of ether oxygens (including phenoxy) is 1. The van der Waals surface area contributed by atoms with Crippen molar-refractivity contribution in [1.29, 1.82) is 0 Å². The van der Waals surface area contributed by atoms with Crippen LogP contribution in [0.25, 0.3) is 0 Å². The number of hydrogen-bond donors (Lipinski definition) is 2. The lowest BCUT2D eigenvalue weighted by Gasteiger charge is -2.09. The molecule has 2 aromatic carbocycles. The van der Waals surface area contributed by atoms with Crippen molar-refractivity contribution < 1.29 is 9.53 Å². The highest BCUT2D eigenvalue weighted by molar-refractivity contribution is 5.94. The van der Waals surface area contributed by atoms with Crippen molar-refractivity contribution >= 4 is 11.6 Å². The lowest BCUT2D eigenvalue weighted by atomic mass is 10.2. The molecule has 0 atom stereocenters. The summed E-state index contributed by atoms with van der Waals surface area (Å²) in [6.45, 7) is 2.80. The van der Waals surface area contributed by atoms with Crippen molar-refractivity contribution in [1.82, 2.24) is 5.32 Å². The maximum Gasteiger partial charge on any atom is 0.251 e. The molecular weight excluding hydrogens is 252 g/mol. The molecule has 0 aliphatic carbocycles. The molecule has 0 saturated heterocycles. The molecule has 2 aromatic rings. The van der Waals surface area contributed by atoms with Gasteiger partial charge in [-0.3, -0.25) is 4.79 Å². The second-order valence-electron chi connectivity index (χ2n) is 4.49. The molecule has 3 N–H and O–H groups in total. The topological polar surface area (TPSA) is 64.3 Å². The smallest absolute Gasteiger partial charge is 0.251 e. The van der Waals surface area contributed by atoms with Gasteiger partial charge in [-0.05, 0) is 42.8 Å². The molecule has 0 aliphatic rings. The highest BCUT2D eigenvalue weighted by atomic mass is 16.5. The molecule has 104 valence electrons. The number of hydrogen-bond acceptors (Lipinski definition) is 3. The van der Waals surface area contributed by atoms with Crippen LogP contribution in [0.2, 0.25) is 0 Å². The van der Waals surface area contributed by atoms with E-state index in [2.05, 4.69) is 5.32 Å². The predicted octanol–water partition coefficient (Wildman–Crippen LogP) is 2.39. The van der Waals surface area contributed by atoms with Crippen LogP contribution in [0.3, 0.4) is 0 Å². The minimum atomic E-state index is -0.0947. The zero-order valence-electron chi connectivity index (χ0n) is 11.4. The van der Waals surface area contributed by atoms with Gasteiger partial charge in [0.1, 0.15) is 12.4 Å². The summed E-state index contributed by atoms with van der Waals surface area (Å²) in [5.74, 6) is 0.661. The summed E-state index contributed by atoms with van der Waals surface area (Å²) in [6.07, 6.45) is 0. The van der Waals surface area contributed by atoms with Crippen LogP contribution >= 0.6 is 0 Å². The summed E-state index contributed by atoms with van der Waals surface area (Å²) in [5, 5.41) is 2.81. The summed E-state index contributed by atoms with van der Waals surface area (Å²) in [5.41, 5.74) is 8.11. The zero-order valence-corrected chi connectivity index (χ0v) is 11.4. The second kappa shape index (κ2) is 6.61. The maximum absolute atomic E-state index is 11.8. The Morgan fingerprint density at radius 3 is 2.65 bits per heavy atom. The van der Waals surface area contributed by atoms with Crippen molar-refractivity contribution in [2.24, 2.45) is 0 Å². The van der Waals surface area contributed by atoms with Gasteiger partial charge >= 0.3 is 0 Å². The van der Waals surface area contributed by atoms with Crippen LogP contribution < -0.4 is 15.8 Å². The summed E-state index contributed by atoms with van der Waals surface area (Å²) in [7, 11) is 0. The quantitative estimate of drug-likeness (QED) is 0.647. The molecule has 4 heteroatoms.